The highest BCUT2D eigenvalue weighted by Crippen LogP contribution is 2.20. The number of carbonyl (C=O) groups excluding carboxylic acids is 1. The topological polar surface area (TPSA) is 58.6 Å². The Bertz CT molecular complexity index is 472. The lowest BCUT2D eigenvalue weighted by molar-refractivity contribution is -0.122. The van der Waals surface area contributed by atoms with Gasteiger partial charge in [0, 0.05) is 19.0 Å². The maximum atomic E-state index is 12.0. The van der Waals surface area contributed by atoms with Crippen LogP contribution in [0.15, 0.2) is 24.3 Å². The molecule has 4 nitrogen and oxygen atoms in total. The number of aliphatic hydroxyl groups is 1. The number of nitrogens with one attached hydrogen (secondary N) is 1. The Morgan fingerprint density at radius 3 is 2.86 bits per heavy atom. The van der Waals surface area contributed by atoms with Gasteiger partial charge < -0.3 is 15.2 Å². The van der Waals surface area contributed by atoms with Crippen LogP contribution >= 0.6 is 11.8 Å². The molecule has 1 fully saturated rings. The Balaban J connectivity index is 1.76. The highest BCUT2D eigenvalue weighted by Gasteiger charge is 2.33. The predicted octanol–water partition coefficient (Wildman–Crippen LogP) is 1.89. The first-order valence-corrected chi connectivity index (χ1v) is 8.42. The number of thioether (sulfide) groups is 1. The van der Waals surface area contributed by atoms with Crippen LogP contribution in [0.4, 0.5) is 0 Å². The first kappa shape index (κ1) is 16.3. The summed E-state index contributed by atoms with van der Waals surface area (Å²) in [6, 6.07) is 8.31. The van der Waals surface area contributed by atoms with Crippen LogP contribution < -0.4 is 5.32 Å². The highest BCUT2D eigenvalue weighted by molar-refractivity contribution is 7.99. The smallest absolute Gasteiger partial charge is 0.230 e. The third-order valence-electron chi connectivity index (χ3n) is 3.74. The number of aryl methyl sites for hydroxylation is 1. The van der Waals surface area contributed by atoms with Crippen molar-refractivity contribution in [3.05, 3.63) is 35.4 Å². The summed E-state index contributed by atoms with van der Waals surface area (Å²) in [6.07, 6.45) is 1.36. The molecule has 1 aliphatic rings. The second kappa shape index (κ2) is 7.82. The first-order chi connectivity index (χ1) is 10.1. The molecular formula is C16H23NO3S. The van der Waals surface area contributed by atoms with Crippen molar-refractivity contribution in [3.63, 3.8) is 0 Å². The Kier molecular flexibility index (Phi) is 6.08. The molecule has 1 heterocycles. The van der Waals surface area contributed by atoms with Crippen LogP contribution in [0.2, 0.25) is 0 Å². The first-order valence-electron chi connectivity index (χ1n) is 7.26. The average molecular weight is 309 g/mol. The summed E-state index contributed by atoms with van der Waals surface area (Å²) >= 11 is 1.60. The second-order valence-corrected chi connectivity index (χ2v) is 6.57. The number of ether oxygens (including phenoxy) is 1. The molecule has 0 atom stereocenters. The van der Waals surface area contributed by atoms with Crippen molar-refractivity contribution in [2.45, 2.75) is 31.1 Å². The molecule has 0 aliphatic carbocycles. The zero-order valence-corrected chi connectivity index (χ0v) is 13.2. The number of aliphatic hydroxyl groups excluding tert-OH is 1. The van der Waals surface area contributed by atoms with Gasteiger partial charge in [-0.3, -0.25) is 4.79 Å². The fourth-order valence-electron chi connectivity index (χ4n) is 2.48. The number of carbonyl (C=O) groups is 1. The largest absolute Gasteiger partial charge is 0.394 e. The molecule has 0 spiro atoms. The van der Waals surface area contributed by atoms with Gasteiger partial charge in [0.2, 0.25) is 5.91 Å². The van der Waals surface area contributed by atoms with E-state index in [-0.39, 0.29) is 12.5 Å². The number of amides is 1. The molecular weight excluding hydrogens is 286 g/mol. The maximum absolute atomic E-state index is 12.0. The van der Waals surface area contributed by atoms with E-state index in [1.807, 2.05) is 6.07 Å². The average Bonchev–Trinajstić information content (AvgIpc) is 2.48. The Hall–Kier alpha value is -1.04. The SMILES string of the molecule is Cc1cccc(CSCC(=O)NC2(CO)CCOCC2)c1. The van der Waals surface area contributed by atoms with Crippen molar-refractivity contribution < 1.29 is 14.6 Å². The van der Waals surface area contributed by atoms with Crippen LogP contribution in [0.25, 0.3) is 0 Å². The van der Waals surface area contributed by atoms with Crippen LogP contribution in [0.5, 0.6) is 0 Å². The molecule has 1 aromatic carbocycles. The summed E-state index contributed by atoms with van der Waals surface area (Å²) in [6.45, 7) is 3.23. The molecule has 2 rings (SSSR count). The summed E-state index contributed by atoms with van der Waals surface area (Å²) in [5, 5.41) is 12.5. The predicted molar refractivity (Wildman–Crippen MR) is 85.4 cm³/mol. The lowest BCUT2D eigenvalue weighted by Gasteiger charge is -2.36. The van der Waals surface area contributed by atoms with Crippen LogP contribution in [0.1, 0.15) is 24.0 Å². The van der Waals surface area contributed by atoms with E-state index in [1.165, 1.54) is 11.1 Å². The zero-order chi connectivity index (χ0) is 15.1. The van der Waals surface area contributed by atoms with Gasteiger partial charge in [0.1, 0.15) is 0 Å². The van der Waals surface area contributed by atoms with Crippen molar-refractivity contribution in [1.29, 1.82) is 0 Å². The molecule has 0 radical (unpaired) electrons. The molecule has 5 heteroatoms. The van der Waals surface area contributed by atoms with Crippen LogP contribution in [-0.4, -0.2) is 42.1 Å². The zero-order valence-electron chi connectivity index (χ0n) is 12.4. The molecule has 0 aromatic heterocycles. The molecule has 1 aliphatic heterocycles. The molecule has 1 aromatic rings. The van der Waals surface area contributed by atoms with E-state index < -0.39 is 5.54 Å². The van der Waals surface area contributed by atoms with Crippen molar-refractivity contribution in [1.82, 2.24) is 5.32 Å². The van der Waals surface area contributed by atoms with E-state index in [0.717, 1.165) is 5.75 Å². The number of hydrogen-bond donors (Lipinski definition) is 2. The molecule has 1 amide bonds. The Morgan fingerprint density at radius 1 is 1.43 bits per heavy atom. The van der Waals surface area contributed by atoms with Crippen molar-refractivity contribution in [3.8, 4) is 0 Å². The molecule has 116 valence electrons. The van der Waals surface area contributed by atoms with Crippen LogP contribution in [0, 0.1) is 6.92 Å². The quantitative estimate of drug-likeness (QED) is 0.842. The molecule has 1 saturated heterocycles. The minimum absolute atomic E-state index is 0.0106. The van der Waals surface area contributed by atoms with Gasteiger partial charge in [-0.05, 0) is 25.3 Å². The van der Waals surface area contributed by atoms with Crippen LogP contribution in [-0.2, 0) is 15.3 Å². The van der Waals surface area contributed by atoms with Gasteiger partial charge in [-0.15, -0.1) is 11.8 Å². The van der Waals surface area contributed by atoms with Gasteiger partial charge in [0.25, 0.3) is 0 Å². The summed E-state index contributed by atoms with van der Waals surface area (Å²) in [5.41, 5.74) is 1.98. The van der Waals surface area contributed by atoms with E-state index in [0.29, 0.717) is 31.8 Å². The van der Waals surface area contributed by atoms with Crippen molar-refractivity contribution in [2.24, 2.45) is 0 Å². The van der Waals surface area contributed by atoms with Crippen LogP contribution in [0.3, 0.4) is 0 Å². The molecule has 0 unspecified atom stereocenters. The Morgan fingerprint density at radius 2 is 2.19 bits per heavy atom. The van der Waals surface area contributed by atoms with Gasteiger partial charge in [0.15, 0.2) is 0 Å². The molecule has 2 N–H and O–H groups in total. The number of hydrogen-bond acceptors (Lipinski definition) is 4. The lowest BCUT2D eigenvalue weighted by atomic mass is 9.91. The third kappa shape index (κ3) is 5.02. The third-order valence-corrected chi connectivity index (χ3v) is 4.75. The number of benzene rings is 1. The maximum Gasteiger partial charge on any atom is 0.230 e. The van der Waals surface area contributed by atoms with Gasteiger partial charge >= 0.3 is 0 Å². The summed E-state index contributed by atoms with van der Waals surface area (Å²) < 4.78 is 5.29. The minimum Gasteiger partial charge on any atom is -0.394 e. The van der Waals surface area contributed by atoms with E-state index in [2.05, 4.69) is 30.4 Å². The Labute approximate surface area is 130 Å². The molecule has 21 heavy (non-hydrogen) atoms. The molecule has 0 saturated carbocycles. The van der Waals surface area contributed by atoms with Crippen molar-refractivity contribution >= 4 is 17.7 Å². The van der Waals surface area contributed by atoms with E-state index in [9.17, 15) is 9.90 Å². The van der Waals surface area contributed by atoms with Gasteiger partial charge in [-0.1, -0.05) is 29.8 Å². The van der Waals surface area contributed by atoms with E-state index in [1.54, 1.807) is 11.8 Å². The monoisotopic (exact) mass is 309 g/mol. The van der Waals surface area contributed by atoms with Gasteiger partial charge in [-0.25, -0.2) is 0 Å². The summed E-state index contributed by atoms with van der Waals surface area (Å²) in [5.74, 6) is 1.23. The van der Waals surface area contributed by atoms with Gasteiger partial charge in [0.05, 0.1) is 17.9 Å². The van der Waals surface area contributed by atoms with Gasteiger partial charge in [-0.2, -0.15) is 0 Å². The van der Waals surface area contributed by atoms with E-state index in [4.69, 9.17) is 4.74 Å². The molecule has 0 bridgehead atoms. The fourth-order valence-corrected chi connectivity index (χ4v) is 3.26. The number of rotatable bonds is 6. The normalized spacial score (nSPS) is 17.4. The van der Waals surface area contributed by atoms with Crippen molar-refractivity contribution in [2.75, 3.05) is 25.6 Å². The highest BCUT2D eigenvalue weighted by atomic mass is 32.2. The summed E-state index contributed by atoms with van der Waals surface area (Å²) in [7, 11) is 0. The van der Waals surface area contributed by atoms with E-state index >= 15 is 0 Å². The fraction of sp³-hybridized carbons (Fsp3) is 0.562. The second-order valence-electron chi connectivity index (χ2n) is 5.58. The standard InChI is InChI=1S/C16H23NO3S/c1-13-3-2-4-14(9-13)10-21-11-15(19)17-16(12-18)5-7-20-8-6-16/h2-4,9,18H,5-8,10-12H2,1H3,(H,17,19). The summed E-state index contributed by atoms with van der Waals surface area (Å²) in [4.78, 5) is 12.0. The minimum atomic E-state index is -0.487. The lowest BCUT2D eigenvalue weighted by Crippen LogP contribution is -2.55.